The molecule has 132 valence electrons. The Morgan fingerprint density at radius 2 is 1.36 bits per heavy atom. The second-order valence-electron chi connectivity index (χ2n) is 8.48. The molecule has 0 saturated carbocycles. The number of hydrogen-bond acceptors (Lipinski definition) is 3. The Kier molecular flexibility index (Phi) is 8.56. The first-order chi connectivity index (χ1) is 9.75. The minimum absolute atomic E-state index is 0.0697. The summed E-state index contributed by atoms with van der Waals surface area (Å²) in [5, 5.41) is 3.00. The van der Waals surface area contributed by atoms with Crippen LogP contribution in [0.15, 0.2) is 0 Å². The van der Waals surface area contributed by atoms with Crippen LogP contribution in [0.4, 0.5) is 4.79 Å². The lowest BCUT2D eigenvalue weighted by Gasteiger charge is -2.43. The van der Waals surface area contributed by atoms with E-state index in [-0.39, 0.29) is 6.03 Å². The van der Waals surface area contributed by atoms with Gasteiger partial charge >= 0.3 is 6.03 Å². The van der Waals surface area contributed by atoms with Crippen LogP contribution in [0.3, 0.4) is 0 Å². The van der Waals surface area contributed by atoms with Gasteiger partial charge in [0.05, 0.1) is 19.8 Å². The van der Waals surface area contributed by atoms with Crippen LogP contribution in [0, 0.1) is 0 Å². The van der Waals surface area contributed by atoms with E-state index in [1.54, 1.807) is 0 Å². The number of hydrogen-bond donors (Lipinski definition) is 1. The highest BCUT2D eigenvalue weighted by molar-refractivity contribution is 6.92. The van der Waals surface area contributed by atoms with Crippen LogP contribution in [0.5, 0.6) is 0 Å². The number of carbonyl (C=O) groups is 1. The summed E-state index contributed by atoms with van der Waals surface area (Å²) in [6.07, 6.45) is 0. The number of rotatable bonds is 9. The zero-order valence-corrected chi connectivity index (χ0v) is 19.0. The minimum atomic E-state index is -1.66. The van der Waals surface area contributed by atoms with Gasteiger partial charge in [0, 0.05) is 6.54 Å². The average Bonchev–Trinajstić information content (AvgIpc) is 2.21. The molecule has 0 rings (SSSR count). The van der Waals surface area contributed by atoms with Gasteiger partial charge in [-0.25, -0.2) is 0 Å². The van der Waals surface area contributed by atoms with Crippen LogP contribution in [0.1, 0.15) is 0 Å². The largest absolute Gasteiger partial charge is 0.415 e. The summed E-state index contributed by atoms with van der Waals surface area (Å²) in [7, 11) is -4.77. The molecule has 0 aromatic heterocycles. The molecule has 0 unspecified atom stereocenters. The van der Waals surface area contributed by atoms with E-state index < -0.39 is 24.8 Å². The molecule has 0 aliphatic carbocycles. The molecule has 0 radical (unpaired) electrons. The summed E-state index contributed by atoms with van der Waals surface area (Å²) in [5.74, 6) is 0. The molecule has 0 fully saturated rings. The molecule has 5 nitrogen and oxygen atoms in total. The Bertz CT molecular complexity index is 333. The van der Waals surface area contributed by atoms with Crippen molar-refractivity contribution in [3.8, 4) is 0 Å². The molecule has 2 amide bonds. The predicted octanol–water partition coefficient (Wildman–Crippen LogP) is 3.54. The van der Waals surface area contributed by atoms with E-state index in [4.69, 9.17) is 9.16 Å². The Labute approximate surface area is 140 Å². The van der Waals surface area contributed by atoms with Gasteiger partial charge in [0.15, 0.2) is 8.32 Å². The first kappa shape index (κ1) is 21.8. The van der Waals surface area contributed by atoms with Crippen LogP contribution < -0.4 is 5.32 Å². The fourth-order valence-corrected chi connectivity index (χ4v) is 12.6. The molecular formula is C14H36N2O3Si3. The summed E-state index contributed by atoms with van der Waals surface area (Å²) in [5.41, 5.74) is 0. The van der Waals surface area contributed by atoms with Gasteiger partial charge in [-0.1, -0.05) is 39.3 Å². The fourth-order valence-electron chi connectivity index (χ4n) is 2.43. The van der Waals surface area contributed by atoms with Gasteiger partial charge in [0.25, 0.3) is 0 Å². The molecule has 8 heteroatoms. The highest BCUT2D eigenvalue weighted by Gasteiger charge is 2.37. The molecule has 0 aromatic rings. The molecular weight excluding hydrogens is 328 g/mol. The van der Waals surface area contributed by atoms with Crippen LogP contribution in [0.2, 0.25) is 58.9 Å². The molecule has 0 bridgehead atoms. The normalized spacial score (nSPS) is 13.1. The quantitative estimate of drug-likeness (QED) is 0.503. The summed E-state index contributed by atoms with van der Waals surface area (Å²) < 4.78 is 13.4. The van der Waals surface area contributed by atoms with Crippen molar-refractivity contribution in [3.63, 3.8) is 0 Å². The zero-order valence-electron chi connectivity index (χ0n) is 16.0. The topological polar surface area (TPSA) is 50.8 Å². The third-order valence-corrected chi connectivity index (χ3v) is 11.0. The highest BCUT2D eigenvalue weighted by Crippen LogP contribution is 2.19. The summed E-state index contributed by atoms with van der Waals surface area (Å²) >= 11 is 0. The first-order valence-electron chi connectivity index (χ1n) is 8.05. The van der Waals surface area contributed by atoms with E-state index >= 15 is 0 Å². The molecule has 0 aliphatic heterocycles. The van der Waals surface area contributed by atoms with Crippen LogP contribution >= 0.6 is 0 Å². The smallest absolute Gasteiger partial charge is 0.301 e. The molecule has 0 saturated heterocycles. The van der Waals surface area contributed by atoms with E-state index in [0.29, 0.717) is 26.4 Å². The Morgan fingerprint density at radius 3 is 1.77 bits per heavy atom. The standard InChI is InChI=1S/C14H36N2O3Si3/c1-20(2,3)16(21(4,5)6)14(17)15-10-11-18-12-13-19-22(7,8)9/h10-13H2,1-9H3,(H,15,17). The van der Waals surface area contributed by atoms with Crippen LogP contribution in [-0.2, 0) is 9.16 Å². The third-order valence-electron chi connectivity index (χ3n) is 2.83. The number of urea groups is 1. The van der Waals surface area contributed by atoms with E-state index in [1.165, 1.54) is 0 Å². The number of nitrogens with one attached hydrogen (secondary N) is 1. The summed E-state index contributed by atoms with van der Waals surface area (Å²) in [4.78, 5) is 12.5. The fraction of sp³-hybridized carbons (Fsp3) is 0.929. The summed E-state index contributed by atoms with van der Waals surface area (Å²) in [6.45, 7) is 22.1. The SMILES string of the molecule is C[Si](C)(C)OCCOCCNC(=O)N([Si](C)(C)C)[Si](C)(C)C. The maximum Gasteiger partial charge on any atom is 0.301 e. The maximum absolute atomic E-state index is 12.5. The van der Waals surface area contributed by atoms with E-state index in [0.717, 1.165) is 0 Å². The molecule has 0 atom stereocenters. The number of carbonyl (C=O) groups excluding carboxylic acids is 1. The second kappa shape index (κ2) is 8.63. The number of ether oxygens (including phenoxy) is 1. The third kappa shape index (κ3) is 9.78. The lowest BCUT2D eigenvalue weighted by atomic mass is 10.6. The molecule has 0 heterocycles. The van der Waals surface area contributed by atoms with Gasteiger partial charge < -0.3 is 18.7 Å². The van der Waals surface area contributed by atoms with Crippen molar-refractivity contribution < 1.29 is 14.0 Å². The van der Waals surface area contributed by atoms with Crippen molar-refractivity contribution in [2.75, 3.05) is 26.4 Å². The van der Waals surface area contributed by atoms with Gasteiger partial charge in [0.1, 0.15) is 16.5 Å². The van der Waals surface area contributed by atoms with Gasteiger partial charge in [0.2, 0.25) is 0 Å². The van der Waals surface area contributed by atoms with Crippen molar-refractivity contribution in [3.05, 3.63) is 0 Å². The van der Waals surface area contributed by atoms with Crippen molar-refractivity contribution in [2.24, 2.45) is 0 Å². The monoisotopic (exact) mass is 364 g/mol. The number of nitrogens with zero attached hydrogens (tertiary/aromatic N) is 1. The molecule has 22 heavy (non-hydrogen) atoms. The highest BCUT2D eigenvalue weighted by atomic mass is 28.4. The second-order valence-corrected chi connectivity index (χ2v) is 23.0. The Hall–Kier alpha value is -0.159. The van der Waals surface area contributed by atoms with E-state index in [2.05, 4.69) is 68.5 Å². The van der Waals surface area contributed by atoms with Crippen molar-refractivity contribution >= 4 is 30.8 Å². The minimum Gasteiger partial charge on any atom is -0.415 e. The lowest BCUT2D eigenvalue weighted by molar-refractivity contribution is 0.100. The summed E-state index contributed by atoms with van der Waals surface area (Å²) in [6, 6.07) is 0.0697. The van der Waals surface area contributed by atoms with Gasteiger partial charge in [-0.2, -0.15) is 0 Å². The van der Waals surface area contributed by atoms with Crippen molar-refractivity contribution in [1.29, 1.82) is 0 Å². The van der Waals surface area contributed by atoms with E-state index in [1.807, 2.05) is 0 Å². The van der Waals surface area contributed by atoms with E-state index in [9.17, 15) is 4.79 Å². The molecule has 0 spiro atoms. The Morgan fingerprint density at radius 1 is 0.864 bits per heavy atom. The molecule has 0 aromatic carbocycles. The predicted molar refractivity (Wildman–Crippen MR) is 102 cm³/mol. The van der Waals surface area contributed by atoms with Crippen LogP contribution in [0.25, 0.3) is 0 Å². The van der Waals surface area contributed by atoms with Crippen molar-refractivity contribution in [2.45, 2.75) is 58.9 Å². The average molecular weight is 365 g/mol. The van der Waals surface area contributed by atoms with Gasteiger partial charge in [-0.15, -0.1) is 0 Å². The lowest BCUT2D eigenvalue weighted by Crippen LogP contribution is -2.64. The van der Waals surface area contributed by atoms with Gasteiger partial charge in [-0.05, 0) is 19.6 Å². The van der Waals surface area contributed by atoms with Crippen LogP contribution in [-0.4, -0.2) is 61.4 Å². The number of amides is 2. The Balaban J connectivity index is 4.07. The molecule has 0 aliphatic rings. The first-order valence-corrected chi connectivity index (χ1v) is 18.4. The zero-order chi connectivity index (χ0) is 17.6. The molecule has 1 N–H and O–H groups in total. The van der Waals surface area contributed by atoms with Gasteiger partial charge in [-0.3, -0.25) is 4.79 Å². The maximum atomic E-state index is 12.5. The van der Waals surface area contributed by atoms with Crippen molar-refractivity contribution in [1.82, 2.24) is 9.55 Å².